The molecule has 1 N–H and O–H groups in total. The van der Waals surface area contributed by atoms with Crippen molar-refractivity contribution in [1.82, 2.24) is 0 Å². The van der Waals surface area contributed by atoms with Crippen LogP contribution in [0, 0.1) is 0 Å². The topological polar surface area (TPSA) is 29.5 Å². The fraction of sp³-hybridized carbons (Fsp3) is 0. The average Bonchev–Trinajstić information content (AvgIpc) is 2.49. The zero-order valence-electron chi connectivity index (χ0n) is 8.55. The van der Waals surface area contributed by atoms with E-state index in [-0.39, 0.29) is 5.76 Å². The Hall–Kier alpha value is -2.22. The van der Waals surface area contributed by atoms with Gasteiger partial charge in [0.25, 0.3) is 0 Å². The van der Waals surface area contributed by atoms with Crippen molar-refractivity contribution in [2.75, 3.05) is 0 Å². The van der Waals surface area contributed by atoms with Crippen molar-refractivity contribution >= 4 is 12.0 Å². The summed E-state index contributed by atoms with van der Waals surface area (Å²) in [5.74, 6) is 0.941. The third-order valence-corrected chi connectivity index (χ3v) is 2.67. The number of benzene rings is 2. The highest BCUT2D eigenvalue weighted by molar-refractivity contribution is 5.66. The molecule has 2 heteroatoms. The van der Waals surface area contributed by atoms with Crippen LogP contribution in [0.3, 0.4) is 0 Å². The van der Waals surface area contributed by atoms with Gasteiger partial charge in [-0.05, 0) is 12.1 Å². The summed E-state index contributed by atoms with van der Waals surface area (Å²) >= 11 is 0. The fourth-order valence-electron chi connectivity index (χ4n) is 1.85. The first kappa shape index (κ1) is 9.04. The second-order valence-corrected chi connectivity index (χ2v) is 3.67. The average molecular weight is 210 g/mol. The van der Waals surface area contributed by atoms with Gasteiger partial charge in [0.1, 0.15) is 11.5 Å². The molecule has 0 fully saturated rings. The molecular weight excluding hydrogens is 200 g/mol. The number of ether oxygens (including phenoxy) is 1. The van der Waals surface area contributed by atoms with Crippen molar-refractivity contribution in [2.45, 2.75) is 0 Å². The van der Waals surface area contributed by atoms with E-state index >= 15 is 0 Å². The van der Waals surface area contributed by atoms with Gasteiger partial charge in [0.05, 0.1) is 11.8 Å². The van der Waals surface area contributed by atoms with E-state index in [1.54, 1.807) is 6.26 Å². The molecule has 0 bridgehead atoms. The molecule has 1 aliphatic rings. The maximum Gasteiger partial charge on any atom is 0.137 e. The quantitative estimate of drug-likeness (QED) is 0.714. The highest BCUT2D eigenvalue weighted by Crippen LogP contribution is 2.23. The van der Waals surface area contributed by atoms with Gasteiger partial charge in [0.15, 0.2) is 0 Å². The van der Waals surface area contributed by atoms with Crippen LogP contribution in [0.15, 0.2) is 48.5 Å². The Kier molecular flexibility index (Phi) is 1.93. The van der Waals surface area contributed by atoms with Gasteiger partial charge in [-0.3, -0.25) is 0 Å². The van der Waals surface area contributed by atoms with Crippen LogP contribution in [-0.4, -0.2) is 5.11 Å². The van der Waals surface area contributed by atoms with E-state index in [2.05, 4.69) is 0 Å². The number of aliphatic hydroxyl groups excluding tert-OH is 1. The second kappa shape index (κ2) is 3.42. The fourth-order valence-corrected chi connectivity index (χ4v) is 1.85. The van der Waals surface area contributed by atoms with Gasteiger partial charge in [-0.2, -0.15) is 0 Å². The minimum atomic E-state index is 0.264. The SMILES string of the molecule is OC1=c2ccccc2=COc2ccccc21. The van der Waals surface area contributed by atoms with E-state index in [0.717, 1.165) is 16.0 Å². The van der Waals surface area contributed by atoms with E-state index < -0.39 is 0 Å². The molecule has 0 spiro atoms. The number of aliphatic hydroxyl groups is 1. The Morgan fingerprint density at radius 2 is 1.62 bits per heavy atom. The molecular formula is C14H10O2. The molecule has 0 radical (unpaired) electrons. The summed E-state index contributed by atoms with van der Waals surface area (Å²) in [5, 5.41) is 11.9. The minimum absolute atomic E-state index is 0.264. The van der Waals surface area contributed by atoms with Crippen molar-refractivity contribution in [3.8, 4) is 5.75 Å². The number of fused-ring (bicyclic) bond motifs is 2. The van der Waals surface area contributed by atoms with Crippen LogP contribution in [0.2, 0.25) is 0 Å². The van der Waals surface area contributed by atoms with Crippen molar-refractivity contribution in [3.63, 3.8) is 0 Å². The third kappa shape index (κ3) is 1.27. The van der Waals surface area contributed by atoms with Gasteiger partial charge < -0.3 is 9.84 Å². The monoisotopic (exact) mass is 210 g/mol. The van der Waals surface area contributed by atoms with Gasteiger partial charge in [0.2, 0.25) is 0 Å². The van der Waals surface area contributed by atoms with Crippen LogP contribution in [0.1, 0.15) is 5.56 Å². The van der Waals surface area contributed by atoms with Crippen LogP contribution in [-0.2, 0) is 0 Å². The first-order valence-corrected chi connectivity index (χ1v) is 5.11. The Bertz CT molecular complexity index is 656. The molecule has 1 heterocycles. The lowest BCUT2D eigenvalue weighted by atomic mass is 10.1. The van der Waals surface area contributed by atoms with E-state index in [4.69, 9.17) is 4.74 Å². The first-order chi connectivity index (χ1) is 7.86. The smallest absolute Gasteiger partial charge is 0.137 e. The molecule has 0 saturated carbocycles. The van der Waals surface area contributed by atoms with Crippen molar-refractivity contribution < 1.29 is 9.84 Å². The predicted molar refractivity (Wildman–Crippen MR) is 62.4 cm³/mol. The minimum Gasteiger partial charge on any atom is -0.507 e. The summed E-state index contributed by atoms with van der Waals surface area (Å²) in [7, 11) is 0. The highest BCUT2D eigenvalue weighted by Gasteiger charge is 2.10. The number of hydrogen-bond acceptors (Lipinski definition) is 2. The van der Waals surface area contributed by atoms with Crippen LogP contribution in [0.4, 0.5) is 0 Å². The van der Waals surface area contributed by atoms with Crippen LogP contribution < -0.4 is 15.2 Å². The Morgan fingerprint density at radius 1 is 0.875 bits per heavy atom. The lowest BCUT2D eigenvalue weighted by molar-refractivity contribution is 0.497. The van der Waals surface area contributed by atoms with E-state index in [9.17, 15) is 5.11 Å². The normalized spacial score (nSPS) is 12.9. The Balaban J connectivity index is 2.45. The maximum absolute atomic E-state index is 10.2. The lowest BCUT2D eigenvalue weighted by Crippen LogP contribution is -2.26. The molecule has 0 aliphatic carbocycles. The third-order valence-electron chi connectivity index (χ3n) is 2.67. The second-order valence-electron chi connectivity index (χ2n) is 3.67. The molecule has 0 unspecified atom stereocenters. The van der Waals surface area contributed by atoms with Gasteiger partial charge in [-0.15, -0.1) is 0 Å². The zero-order chi connectivity index (χ0) is 11.0. The summed E-state index contributed by atoms with van der Waals surface area (Å²) in [5.41, 5.74) is 0.726. The molecule has 3 rings (SSSR count). The Labute approximate surface area is 92.7 Å². The van der Waals surface area contributed by atoms with Crippen LogP contribution in [0.5, 0.6) is 5.75 Å². The first-order valence-electron chi connectivity index (χ1n) is 5.11. The zero-order valence-corrected chi connectivity index (χ0v) is 8.55. The summed E-state index contributed by atoms with van der Waals surface area (Å²) in [4.78, 5) is 0. The summed E-state index contributed by atoms with van der Waals surface area (Å²) in [6.07, 6.45) is 1.66. The summed E-state index contributed by atoms with van der Waals surface area (Å²) in [6.45, 7) is 0. The largest absolute Gasteiger partial charge is 0.507 e. The lowest BCUT2D eigenvalue weighted by Gasteiger charge is -2.04. The summed E-state index contributed by atoms with van der Waals surface area (Å²) < 4.78 is 5.54. The maximum atomic E-state index is 10.2. The standard InChI is InChI=1S/C14H10O2/c15-14-11-6-2-1-5-10(11)9-16-13-8-4-3-7-12(13)14/h1-9,15H. The molecule has 2 nitrogen and oxygen atoms in total. The van der Waals surface area contributed by atoms with Gasteiger partial charge >= 0.3 is 0 Å². The molecule has 0 saturated heterocycles. The van der Waals surface area contributed by atoms with Crippen LogP contribution >= 0.6 is 0 Å². The van der Waals surface area contributed by atoms with Crippen molar-refractivity contribution in [1.29, 1.82) is 0 Å². The molecule has 1 aliphatic heterocycles. The van der Waals surface area contributed by atoms with E-state index in [1.165, 1.54) is 0 Å². The van der Waals surface area contributed by atoms with Crippen LogP contribution in [0.25, 0.3) is 12.0 Å². The van der Waals surface area contributed by atoms with E-state index in [1.807, 2.05) is 48.5 Å². The van der Waals surface area contributed by atoms with Gasteiger partial charge in [-0.1, -0.05) is 36.4 Å². The van der Waals surface area contributed by atoms with Gasteiger partial charge in [-0.25, -0.2) is 0 Å². The molecule has 0 amide bonds. The van der Waals surface area contributed by atoms with Crippen molar-refractivity contribution in [3.05, 3.63) is 64.5 Å². The number of rotatable bonds is 0. The predicted octanol–water partition coefficient (Wildman–Crippen LogP) is 1.53. The van der Waals surface area contributed by atoms with Crippen molar-refractivity contribution in [2.24, 2.45) is 0 Å². The molecule has 0 atom stereocenters. The van der Waals surface area contributed by atoms with Gasteiger partial charge in [0, 0.05) is 10.4 Å². The number of hydrogen-bond donors (Lipinski definition) is 1. The number of para-hydroxylation sites is 1. The van der Waals surface area contributed by atoms with E-state index in [0.29, 0.717) is 5.75 Å². The molecule has 78 valence electrons. The summed E-state index contributed by atoms with van der Waals surface area (Å²) in [6, 6.07) is 15.1. The molecule has 2 aromatic carbocycles. The molecule has 0 aromatic heterocycles. The highest BCUT2D eigenvalue weighted by atomic mass is 16.5. The molecule has 2 aromatic rings. The Morgan fingerprint density at radius 3 is 2.56 bits per heavy atom. The molecule has 16 heavy (non-hydrogen) atoms.